The molecule has 1 aliphatic rings. The van der Waals surface area contributed by atoms with Crippen LogP contribution in [0.5, 0.6) is 5.75 Å². The quantitative estimate of drug-likeness (QED) is 0.637. The molecule has 12 heavy (non-hydrogen) atoms. The maximum Gasteiger partial charge on any atom is 0.252 e. The summed E-state index contributed by atoms with van der Waals surface area (Å²) in [5, 5.41) is 12.2. The van der Waals surface area contributed by atoms with E-state index in [1.807, 2.05) is 0 Å². The summed E-state index contributed by atoms with van der Waals surface area (Å²) in [6.45, 7) is 0.452. The Labute approximate surface area is 74.0 Å². The summed E-state index contributed by atoms with van der Waals surface area (Å²) >= 11 is 5.79. The molecule has 3 nitrogen and oxygen atoms in total. The topological polar surface area (TPSA) is 49.3 Å². The van der Waals surface area contributed by atoms with Crippen molar-refractivity contribution < 1.29 is 9.90 Å². The summed E-state index contributed by atoms with van der Waals surface area (Å²) < 4.78 is 0. The van der Waals surface area contributed by atoms with Gasteiger partial charge in [0.25, 0.3) is 5.91 Å². The largest absolute Gasteiger partial charge is 0.508 e. The molecular weight excluding hydrogens is 178 g/mol. The molecular formula is C8H6ClNO2. The number of hydrogen-bond donors (Lipinski definition) is 2. The van der Waals surface area contributed by atoms with Crippen LogP contribution in [0.15, 0.2) is 12.1 Å². The summed E-state index contributed by atoms with van der Waals surface area (Å²) in [6.07, 6.45) is 0. The molecule has 0 bridgehead atoms. The van der Waals surface area contributed by atoms with E-state index in [1.54, 1.807) is 0 Å². The number of fused-ring (bicyclic) bond motifs is 1. The Bertz CT molecular complexity index is 362. The number of halogens is 1. The molecule has 4 heteroatoms. The van der Waals surface area contributed by atoms with Crippen molar-refractivity contribution in [3.05, 3.63) is 28.3 Å². The van der Waals surface area contributed by atoms with Crippen molar-refractivity contribution in [2.24, 2.45) is 0 Å². The molecule has 0 aliphatic carbocycles. The molecule has 1 aromatic carbocycles. The Kier molecular flexibility index (Phi) is 1.48. The van der Waals surface area contributed by atoms with Crippen molar-refractivity contribution in [3.8, 4) is 5.75 Å². The molecule has 0 radical (unpaired) electrons. The van der Waals surface area contributed by atoms with Gasteiger partial charge in [0, 0.05) is 17.7 Å². The van der Waals surface area contributed by atoms with E-state index in [0.29, 0.717) is 17.1 Å². The van der Waals surface area contributed by atoms with E-state index >= 15 is 0 Å². The van der Waals surface area contributed by atoms with Gasteiger partial charge >= 0.3 is 0 Å². The maximum absolute atomic E-state index is 11.1. The second-order valence-electron chi connectivity index (χ2n) is 2.64. The third-order valence-corrected chi connectivity index (χ3v) is 2.19. The highest BCUT2D eigenvalue weighted by atomic mass is 35.5. The Balaban J connectivity index is 2.68. The monoisotopic (exact) mass is 183 g/mol. The van der Waals surface area contributed by atoms with E-state index in [0.717, 1.165) is 5.56 Å². The standard InChI is InChI=1S/C8H6ClNO2/c9-7-2-4(11)1-5-6(7)3-10-8(5)12/h1-2,11H,3H2,(H,10,12). The van der Waals surface area contributed by atoms with Crippen LogP contribution in [0.3, 0.4) is 0 Å². The Morgan fingerprint density at radius 1 is 1.50 bits per heavy atom. The second kappa shape index (κ2) is 2.38. The van der Waals surface area contributed by atoms with Crippen molar-refractivity contribution >= 4 is 17.5 Å². The maximum atomic E-state index is 11.1. The number of nitrogens with one attached hydrogen (secondary N) is 1. The van der Waals surface area contributed by atoms with E-state index < -0.39 is 0 Å². The summed E-state index contributed by atoms with van der Waals surface area (Å²) in [6, 6.07) is 2.85. The minimum atomic E-state index is -0.178. The minimum absolute atomic E-state index is 0.0239. The van der Waals surface area contributed by atoms with E-state index in [1.165, 1.54) is 12.1 Å². The van der Waals surface area contributed by atoms with Crippen LogP contribution in [0.2, 0.25) is 5.02 Å². The minimum Gasteiger partial charge on any atom is -0.508 e. The number of aromatic hydroxyl groups is 1. The zero-order valence-electron chi connectivity index (χ0n) is 6.10. The van der Waals surface area contributed by atoms with Crippen LogP contribution in [0, 0.1) is 0 Å². The van der Waals surface area contributed by atoms with Gasteiger partial charge in [-0.3, -0.25) is 4.79 Å². The molecule has 1 amide bonds. The lowest BCUT2D eigenvalue weighted by Gasteiger charge is -1.99. The summed E-state index contributed by atoms with van der Waals surface area (Å²) in [4.78, 5) is 11.1. The zero-order valence-corrected chi connectivity index (χ0v) is 6.85. The zero-order chi connectivity index (χ0) is 8.72. The lowest BCUT2D eigenvalue weighted by Crippen LogP contribution is -2.12. The van der Waals surface area contributed by atoms with Gasteiger partial charge in [0.15, 0.2) is 0 Å². The molecule has 0 fully saturated rings. The number of phenols is 1. The molecule has 2 rings (SSSR count). The fourth-order valence-corrected chi connectivity index (χ4v) is 1.55. The van der Waals surface area contributed by atoms with Crippen LogP contribution in [0.25, 0.3) is 0 Å². The Morgan fingerprint density at radius 2 is 2.25 bits per heavy atom. The number of carbonyl (C=O) groups excluding carboxylic acids is 1. The summed E-state index contributed by atoms with van der Waals surface area (Å²) in [5.74, 6) is -0.154. The molecule has 2 N–H and O–H groups in total. The molecule has 0 atom stereocenters. The van der Waals surface area contributed by atoms with E-state index in [4.69, 9.17) is 16.7 Å². The van der Waals surface area contributed by atoms with Gasteiger partial charge in [-0.25, -0.2) is 0 Å². The van der Waals surface area contributed by atoms with Gasteiger partial charge in [-0.2, -0.15) is 0 Å². The Hall–Kier alpha value is -1.22. The van der Waals surface area contributed by atoms with Gasteiger partial charge in [0.05, 0.1) is 5.02 Å². The van der Waals surface area contributed by atoms with Crippen molar-refractivity contribution in [1.82, 2.24) is 5.32 Å². The molecule has 0 saturated heterocycles. The number of phenolic OH excluding ortho intramolecular Hbond substituents is 1. The van der Waals surface area contributed by atoms with Crippen LogP contribution < -0.4 is 5.32 Å². The van der Waals surface area contributed by atoms with E-state index in [9.17, 15) is 4.79 Å². The van der Waals surface area contributed by atoms with Crippen molar-refractivity contribution in [2.45, 2.75) is 6.54 Å². The molecule has 1 aliphatic heterocycles. The van der Waals surface area contributed by atoms with Crippen LogP contribution in [-0.4, -0.2) is 11.0 Å². The van der Waals surface area contributed by atoms with Crippen LogP contribution in [0.4, 0.5) is 0 Å². The van der Waals surface area contributed by atoms with Crippen molar-refractivity contribution in [2.75, 3.05) is 0 Å². The molecule has 0 spiro atoms. The summed E-state index contributed by atoms with van der Waals surface area (Å²) in [5.41, 5.74) is 1.24. The van der Waals surface area contributed by atoms with Crippen molar-refractivity contribution in [3.63, 3.8) is 0 Å². The molecule has 1 heterocycles. The first-order chi connectivity index (χ1) is 5.68. The predicted octanol–water partition coefficient (Wildman–Crippen LogP) is 1.29. The van der Waals surface area contributed by atoms with Crippen LogP contribution in [-0.2, 0) is 6.54 Å². The van der Waals surface area contributed by atoms with Gasteiger partial charge in [-0.05, 0) is 12.1 Å². The van der Waals surface area contributed by atoms with Crippen LogP contribution >= 0.6 is 11.6 Å². The average molecular weight is 184 g/mol. The van der Waals surface area contributed by atoms with Gasteiger partial charge in [-0.1, -0.05) is 11.6 Å². The average Bonchev–Trinajstić information content (AvgIpc) is 2.33. The first-order valence-corrected chi connectivity index (χ1v) is 3.86. The number of benzene rings is 1. The highest BCUT2D eigenvalue weighted by molar-refractivity contribution is 6.32. The third-order valence-electron chi connectivity index (χ3n) is 1.85. The third kappa shape index (κ3) is 0.940. The number of carbonyl (C=O) groups is 1. The normalized spacial score (nSPS) is 14.2. The highest BCUT2D eigenvalue weighted by Gasteiger charge is 2.21. The Morgan fingerprint density at radius 3 is 3.00 bits per heavy atom. The van der Waals surface area contributed by atoms with E-state index in [-0.39, 0.29) is 11.7 Å². The fourth-order valence-electron chi connectivity index (χ4n) is 1.27. The number of rotatable bonds is 0. The molecule has 0 unspecified atom stereocenters. The smallest absolute Gasteiger partial charge is 0.252 e. The van der Waals surface area contributed by atoms with Gasteiger partial charge in [0.1, 0.15) is 5.75 Å². The highest BCUT2D eigenvalue weighted by Crippen LogP contribution is 2.28. The first kappa shape index (κ1) is 7.43. The summed E-state index contributed by atoms with van der Waals surface area (Å²) in [7, 11) is 0. The van der Waals surface area contributed by atoms with Gasteiger partial charge in [0.2, 0.25) is 0 Å². The molecule has 1 aromatic rings. The second-order valence-corrected chi connectivity index (χ2v) is 3.04. The van der Waals surface area contributed by atoms with Crippen molar-refractivity contribution in [1.29, 1.82) is 0 Å². The van der Waals surface area contributed by atoms with Crippen LogP contribution in [0.1, 0.15) is 15.9 Å². The number of amides is 1. The fraction of sp³-hybridized carbons (Fsp3) is 0.125. The molecule has 62 valence electrons. The van der Waals surface area contributed by atoms with E-state index in [2.05, 4.69) is 5.32 Å². The SMILES string of the molecule is O=C1NCc2c(Cl)cc(O)cc21. The number of hydrogen-bond acceptors (Lipinski definition) is 2. The first-order valence-electron chi connectivity index (χ1n) is 3.48. The van der Waals surface area contributed by atoms with Gasteiger partial charge in [-0.15, -0.1) is 0 Å². The molecule has 0 saturated carbocycles. The lowest BCUT2D eigenvalue weighted by molar-refractivity contribution is 0.0965. The lowest BCUT2D eigenvalue weighted by atomic mass is 10.1. The van der Waals surface area contributed by atoms with Gasteiger partial charge < -0.3 is 10.4 Å². The predicted molar refractivity (Wildman–Crippen MR) is 44.3 cm³/mol. The molecule has 0 aromatic heterocycles.